The molecule has 0 aromatic heterocycles. The molecular formula is C25H25N5O4. The number of piperazine rings is 1. The highest BCUT2D eigenvalue weighted by atomic mass is 16.5. The summed E-state index contributed by atoms with van der Waals surface area (Å²) < 4.78 is 6.11. The molecule has 2 aromatic carbocycles. The van der Waals surface area contributed by atoms with Crippen molar-refractivity contribution in [1.29, 1.82) is 0 Å². The summed E-state index contributed by atoms with van der Waals surface area (Å²) in [4.78, 5) is 40.7. The van der Waals surface area contributed by atoms with Gasteiger partial charge in [0.15, 0.2) is 5.84 Å². The first-order chi connectivity index (χ1) is 16.5. The molecule has 174 valence electrons. The van der Waals surface area contributed by atoms with E-state index < -0.39 is 11.9 Å². The van der Waals surface area contributed by atoms with Gasteiger partial charge in [-0.1, -0.05) is 30.3 Å². The van der Waals surface area contributed by atoms with Crippen LogP contribution in [0.3, 0.4) is 0 Å². The maximum Gasteiger partial charge on any atom is 0.255 e. The number of carbonyl (C=O) groups is 3. The Bertz CT molecular complexity index is 1210. The Balaban J connectivity index is 1.10. The summed E-state index contributed by atoms with van der Waals surface area (Å²) in [5.41, 5.74) is 3.64. The number of rotatable bonds is 6. The van der Waals surface area contributed by atoms with Gasteiger partial charge in [0, 0.05) is 30.6 Å². The molecule has 0 radical (unpaired) electrons. The number of nitrogens with zero attached hydrogens (tertiary/aromatic N) is 4. The van der Waals surface area contributed by atoms with Crippen LogP contribution in [0.4, 0.5) is 0 Å². The van der Waals surface area contributed by atoms with Crippen LogP contribution in [0.25, 0.3) is 0 Å². The largest absolute Gasteiger partial charge is 0.489 e. The third-order valence-electron chi connectivity index (χ3n) is 6.85. The van der Waals surface area contributed by atoms with E-state index in [9.17, 15) is 14.4 Å². The summed E-state index contributed by atoms with van der Waals surface area (Å²) in [6.07, 6.45) is 0.581. The lowest BCUT2D eigenvalue weighted by Crippen LogP contribution is -2.52. The van der Waals surface area contributed by atoms with Crippen molar-refractivity contribution in [1.82, 2.24) is 20.1 Å². The van der Waals surface area contributed by atoms with E-state index in [1.54, 1.807) is 17.0 Å². The monoisotopic (exact) mass is 459 g/mol. The molecule has 2 aromatic rings. The van der Waals surface area contributed by atoms with Gasteiger partial charge >= 0.3 is 0 Å². The van der Waals surface area contributed by atoms with Crippen LogP contribution in [0, 0.1) is 0 Å². The zero-order valence-corrected chi connectivity index (χ0v) is 18.7. The van der Waals surface area contributed by atoms with Gasteiger partial charge in [-0.25, -0.2) is 5.01 Å². The summed E-state index contributed by atoms with van der Waals surface area (Å²) in [5, 5.41) is 8.71. The summed E-state index contributed by atoms with van der Waals surface area (Å²) in [5.74, 6) is 0.929. The Morgan fingerprint density at radius 1 is 1.00 bits per heavy atom. The molecule has 1 unspecified atom stereocenters. The number of amides is 3. The van der Waals surface area contributed by atoms with Gasteiger partial charge in [0.25, 0.3) is 5.91 Å². The molecule has 0 spiro atoms. The molecule has 9 nitrogen and oxygen atoms in total. The second-order valence-electron chi connectivity index (χ2n) is 9.14. The molecule has 1 atom stereocenters. The number of hydrogen-bond donors (Lipinski definition) is 1. The van der Waals surface area contributed by atoms with Crippen molar-refractivity contribution < 1.29 is 19.1 Å². The number of nitrogens with one attached hydrogen (secondary N) is 1. The maximum absolute atomic E-state index is 13.0. The SMILES string of the molecule is O=C1CCC(N2Cc3c(OCc4ccc(CN5CCN6N=C6C5)cc4)cccc3C2=O)C(=O)N1. The van der Waals surface area contributed by atoms with Crippen LogP contribution in [0.1, 0.15) is 39.9 Å². The summed E-state index contributed by atoms with van der Waals surface area (Å²) in [6, 6.07) is 13.2. The molecule has 2 fully saturated rings. The molecule has 1 N–H and O–H groups in total. The Kier molecular flexibility index (Phi) is 5.06. The standard InChI is InChI=1S/C25H25N5O4/c31-23-9-8-20(24(32)26-23)29-13-19-18(25(29)33)2-1-3-21(19)34-15-17-6-4-16(5-7-17)12-28-10-11-30-22(14-28)27-30/h1-7,20H,8-15H2,(H,26,31,32). The number of piperidine rings is 1. The number of imide groups is 1. The van der Waals surface area contributed by atoms with Crippen LogP contribution in [0.2, 0.25) is 0 Å². The van der Waals surface area contributed by atoms with E-state index in [1.807, 2.05) is 6.07 Å². The highest BCUT2D eigenvalue weighted by Gasteiger charge is 2.40. The van der Waals surface area contributed by atoms with E-state index in [0.717, 1.165) is 37.3 Å². The molecule has 2 saturated heterocycles. The van der Waals surface area contributed by atoms with Crippen molar-refractivity contribution in [2.24, 2.45) is 5.10 Å². The fraction of sp³-hybridized carbons (Fsp3) is 0.360. The van der Waals surface area contributed by atoms with Crippen LogP contribution in [0.15, 0.2) is 47.6 Å². The molecule has 4 aliphatic rings. The van der Waals surface area contributed by atoms with Crippen molar-refractivity contribution >= 4 is 23.6 Å². The third-order valence-corrected chi connectivity index (χ3v) is 6.85. The van der Waals surface area contributed by atoms with E-state index in [2.05, 4.69) is 44.6 Å². The van der Waals surface area contributed by atoms with Gasteiger partial charge in [-0.05, 0) is 29.7 Å². The van der Waals surface area contributed by atoms with E-state index in [4.69, 9.17) is 4.74 Å². The zero-order chi connectivity index (χ0) is 23.2. The van der Waals surface area contributed by atoms with E-state index in [0.29, 0.717) is 30.9 Å². The lowest BCUT2D eigenvalue weighted by molar-refractivity contribution is -0.136. The number of benzene rings is 2. The molecular weight excluding hydrogens is 434 g/mol. The maximum atomic E-state index is 13.0. The lowest BCUT2D eigenvalue weighted by atomic mass is 10.0. The Morgan fingerprint density at radius 2 is 1.82 bits per heavy atom. The number of amidine groups is 1. The van der Waals surface area contributed by atoms with Gasteiger partial charge in [-0.2, -0.15) is 5.10 Å². The fourth-order valence-corrected chi connectivity index (χ4v) is 4.91. The number of hydrogen-bond acceptors (Lipinski definition) is 7. The van der Waals surface area contributed by atoms with Gasteiger partial charge in [0.2, 0.25) is 11.8 Å². The quantitative estimate of drug-likeness (QED) is 0.658. The van der Waals surface area contributed by atoms with Crippen molar-refractivity contribution in [2.75, 3.05) is 19.6 Å². The van der Waals surface area contributed by atoms with Crippen LogP contribution in [0.5, 0.6) is 5.75 Å². The van der Waals surface area contributed by atoms with E-state index in [1.165, 1.54) is 11.4 Å². The van der Waals surface area contributed by atoms with Crippen molar-refractivity contribution in [3.05, 3.63) is 64.7 Å². The smallest absolute Gasteiger partial charge is 0.255 e. The summed E-state index contributed by atoms with van der Waals surface area (Å²) in [7, 11) is 0. The second kappa shape index (κ2) is 8.25. The average molecular weight is 460 g/mol. The lowest BCUT2D eigenvalue weighted by Gasteiger charge is -2.29. The number of carbonyl (C=O) groups excluding carboxylic acids is 3. The Labute approximate surface area is 197 Å². The number of hydrazone groups is 1. The molecule has 34 heavy (non-hydrogen) atoms. The van der Waals surface area contributed by atoms with Gasteiger partial charge in [-0.15, -0.1) is 0 Å². The summed E-state index contributed by atoms with van der Waals surface area (Å²) >= 11 is 0. The van der Waals surface area contributed by atoms with Crippen molar-refractivity contribution in [2.45, 2.75) is 38.6 Å². The molecule has 4 heterocycles. The minimum atomic E-state index is -0.632. The Morgan fingerprint density at radius 3 is 2.62 bits per heavy atom. The van der Waals surface area contributed by atoms with Crippen LogP contribution in [-0.4, -0.2) is 64.0 Å². The average Bonchev–Trinajstić information content (AvgIpc) is 3.54. The normalized spacial score (nSPS) is 21.7. The van der Waals surface area contributed by atoms with Crippen molar-refractivity contribution in [3.8, 4) is 5.75 Å². The molecule has 0 bridgehead atoms. The first-order valence-electron chi connectivity index (χ1n) is 11.6. The predicted octanol–water partition coefficient (Wildman–Crippen LogP) is 1.47. The molecule has 4 aliphatic heterocycles. The minimum absolute atomic E-state index is 0.197. The van der Waals surface area contributed by atoms with Gasteiger partial charge < -0.3 is 9.64 Å². The Hall–Kier alpha value is -3.72. The minimum Gasteiger partial charge on any atom is -0.489 e. The first-order valence-corrected chi connectivity index (χ1v) is 11.6. The van der Waals surface area contributed by atoms with Crippen LogP contribution in [-0.2, 0) is 29.3 Å². The molecule has 0 saturated carbocycles. The summed E-state index contributed by atoms with van der Waals surface area (Å²) in [6.45, 7) is 4.50. The highest BCUT2D eigenvalue weighted by molar-refractivity contribution is 6.05. The predicted molar refractivity (Wildman–Crippen MR) is 123 cm³/mol. The van der Waals surface area contributed by atoms with Gasteiger partial charge in [-0.3, -0.25) is 24.6 Å². The molecule has 9 heteroatoms. The highest BCUT2D eigenvalue weighted by Crippen LogP contribution is 2.34. The van der Waals surface area contributed by atoms with Crippen LogP contribution < -0.4 is 10.1 Å². The van der Waals surface area contributed by atoms with Crippen LogP contribution >= 0.6 is 0 Å². The van der Waals surface area contributed by atoms with Crippen molar-refractivity contribution in [3.63, 3.8) is 0 Å². The fourth-order valence-electron chi connectivity index (χ4n) is 4.91. The second-order valence-corrected chi connectivity index (χ2v) is 9.14. The van der Waals surface area contributed by atoms with E-state index in [-0.39, 0.29) is 18.2 Å². The molecule has 0 aliphatic carbocycles. The zero-order valence-electron chi connectivity index (χ0n) is 18.7. The van der Waals surface area contributed by atoms with Gasteiger partial charge in [0.1, 0.15) is 18.4 Å². The third kappa shape index (κ3) is 3.92. The molecule has 6 rings (SSSR count). The number of fused-ring (bicyclic) bond motifs is 2. The molecule has 3 amide bonds. The van der Waals surface area contributed by atoms with Gasteiger partial charge in [0.05, 0.1) is 19.6 Å². The topological polar surface area (TPSA) is 94.3 Å². The number of ether oxygens (including phenoxy) is 1. The first kappa shape index (κ1) is 20.9. The van der Waals surface area contributed by atoms with E-state index >= 15 is 0 Å².